The number of Topliss-reactive ketones (excluding diaryl/α,β-unsaturated/α-hetero) is 1. The van der Waals surface area contributed by atoms with Gasteiger partial charge in [0.05, 0.1) is 6.42 Å². The molecule has 0 bridgehead atoms. The van der Waals surface area contributed by atoms with E-state index in [1.165, 1.54) is 0 Å². The molecule has 0 aliphatic carbocycles. The number of ketones is 1. The van der Waals surface area contributed by atoms with Crippen molar-refractivity contribution in [2.75, 3.05) is 21.1 Å². The number of carbonyl (C=O) groups excluding carboxylic acids is 1. The number of nitrogens with one attached hydrogen (secondary N) is 2. The summed E-state index contributed by atoms with van der Waals surface area (Å²) >= 11 is 5.07. The molecule has 0 aromatic carbocycles. The van der Waals surface area contributed by atoms with Crippen molar-refractivity contribution in [2.24, 2.45) is 0 Å². The van der Waals surface area contributed by atoms with Crippen molar-refractivity contribution in [3.63, 3.8) is 0 Å². The Bertz CT molecular complexity index is 384. The summed E-state index contributed by atoms with van der Waals surface area (Å²) in [6, 6.07) is 0. The maximum Gasteiger partial charge on any atom is 0.224 e. The average Bonchev–Trinajstić information content (AvgIpc) is 2.20. The summed E-state index contributed by atoms with van der Waals surface area (Å²) in [6.45, 7) is 1.95. The molecule has 0 aromatic rings. The normalized spacial score (nSPS) is 15.8. The molecule has 0 saturated heterocycles. The summed E-state index contributed by atoms with van der Waals surface area (Å²) in [7, 11) is 5.55. The van der Waals surface area contributed by atoms with Crippen LogP contribution in [0.4, 0.5) is 0 Å². The van der Waals surface area contributed by atoms with Gasteiger partial charge in [-0.3, -0.25) is 15.6 Å². The molecule has 5 nitrogen and oxygen atoms in total. The van der Waals surface area contributed by atoms with Gasteiger partial charge in [-0.2, -0.15) is 0 Å². The third-order valence-electron chi connectivity index (χ3n) is 2.38. The van der Waals surface area contributed by atoms with E-state index in [9.17, 15) is 4.79 Å². The number of hydrogen-bond donors (Lipinski definition) is 2. The first-order valence-electron chi connectivity index (χ1n) is 4.95. The van der Waals surface area contributed by atoms with Gasteiger partial charge in [0, 0.05) is 21.0 Å². The van der Waals surface area contributed by atoms with Crippen LogP contribution >= 0.6 is 12.2 Å². The Balaban J connectivity index is 2.67. The average molecular weight is 241 g/mol. The molecule has 0 aromatic heterocycles. The molecule has 1 aliphatic heterocycles. The van der Waals surface area contributed by atoms with E-state index < -0.39 is 0 Å². The van der Waals surface area contributed by atoms with Crippen LogP contribution in [-0.4, -0.2) is 47.7 Å². The molecular weight excluding hydrogens is 224 g/mol. The molecule has 0 spiro atoms. The summed E-state index contributed by atoms with van der Waals surface area (Å²) in [5.41, 5.74) is 7.71. The van der Waals surface area contributed by atoms with E-state index in [1.807, 2.05) is 28.1 Å². The second-order valence-electron chi connectivity index (χ2n) is 3.90. The van der Waals surface area contributed by atoms with Gasteiger partial charge < -0.3 is 4.90 Å². The van der Waals surface area contributed by atoms with Crippen LogP contribution in [0.2, 0.25) is 0 Å². The van der Waals surface area contributed by atoms with Crippen molar-refractivity contribution >= 4 is 29.3 Å². The van der Waals surface area contributed by atoms with E-state index in [2.05, 4.69) is 10.9 Å². The van der Waals surface area contributed by atoms with Crippen LogP contribution in [0, 0.1) is 0 Å². The van der Waals surface area contributed by atoms with Crippen molar-refractivity contribution in [1.29, 1.82) is 0 Å². The Kier molecular flexibility index (Phi) is 4.00. The van der Waals surface area contributed by atoms with Crippen LogP contribution in [-0.2, 0) is 4.79 Å². The van der Waals surface area contributed by atoms with Gasteiger partial charge in [-0.25, -0.2) is 4.58 Å². The lowest BCUT2D eigenvalue weighted by Gasteiger charge is -2.19. The smallest absolute Gasteiger partial charge is 0.224 e. The molecule has 16 heavy (non-hydrogen) atoms. The second-order valence-corrected chi connectivity index (χ2v) is 4.28. The fourth-order valence-electron chi connectivity index (χ4n) is 1.25. The third kappa shape index (κ3) is 3.03. The van der Waals surface area contributed by atoms with Crippen LogP contribution in [0.3, 0.4) is 0 Å². The van der Waals surface area contributed by atoms with E-state index in [-0.39, 0.29) is 5.78 Å². The summed E-state index contributed by atoms with van der Waals surface area (Å²) in [4.78, 5) is 13.1. The molecule has 0 radical (unpaired) electrons. The SMILES string of the molecule is CC1=C(NNC(=S)N(C)C)CC(=O)C=[N+]1C. The Morgan fingerprint density at radius 1 is 1.56 bits per heavy atom. The van der Waals surface area contributed by atoms with Crippen LogP contribution in [0.1, 0.15) is 13.3 Å². The van der Waals surface area contributed by atoms with E-state index in [4.69, 9.17) is 12.2 Å². The van der Waals surface area contributed by atoms with Crippen LogP contribution in [0.25, 0.3) is 0 Å². The standard InChI is InChI=1S/C10H16N4OS/c1-7-9(5-8(15)6-14(7)4)11-12-10(16)13(2)3/h6,15H,5H2,1-4H3/p+1. The highest BCUT2D eigenvalue weighted by molar-refractivity contribution is 7.80. The summed E-state index contributed by atoms with van der Waals surface area (Å²) in [5.74, 6) is 0.0770. The Morgan fingerprint density at radius 2 is 2.19 bits per heavy atom. The minimum Gasteiger partial charge on any atom is -0.354 e. The molecule has 1 heterocycles. The first-order chi connectivity index (χ1) is 7.41. The van der Waals surface area contributed by atoms with Gasteiger partial charge in [0.2, 0.25) is 12.0 Å². The summed E-state index contributed by atoms with van der Waals surface area (Å²) in [6.07, 6.45) is 1.96. The lowest BCUT2D eigenvalue weighted by Crippen LogP contribution is -2.44. The quantitative estimate of drug-likeness (QED) is 0.400. The molecule has 0 amide bonds. The molecule has 6 heteroatoms. The van der Waals surface area contributed by atoms with Crippen molar-refractivity contribution in [3.05, 3.63) is 11.4 Å². The predicted molar refractivity (Wildman–Crippen MR) is 67.1 cm³/mol. The van der Waals surface area contributed by atoms with E-state index in [0.29, 0.717) is 11.5 Å². The van der Waals surface area contributed by atoms with E-state index >= 15 is 0 Å². The Labute approximate surface area is 101 Å². The van der Waals surface area contributed by atoms with Gasteiger partial charge in [-0.05, 0) is 12.2 Å². The molecular formula is C10H17N4OS+. The van der Waals surface area contributed by atoms with E-state index in [0.717, 1.165) is 11.4 Å². The molecule has 2 N–H and O–H groups in total. The number of allylic oxidation sites excluding steroid dienone is 2. The summed E-state index contributed by atoms with van der Waals surface area (Å²) < 4.78 is 1.80. The van der Waals surface area contributed by atoms with Crippen molar-refractivity contribution in [3.8, 4) is 0 Å². The number of hydrogen-bond acceptors (Lipinski definition) is 3. The molecule has 1 aliphatic rings. The number of hydrazine groups is 1. The lowest BCUT2D eigenvalue weighted by molar-refractivity contribution is -0.440. The molecule has 0 unspecified atom stereocenters. The zero-order valence-corrected chi connectivity index (χ0v) is 10.8. The number of thiocarbonyl (C=S) groups is 1. The Morgan fingerprint density at radius 3 is 2.75 bits per heavy atom. The molecule has 0 atom stereocenters. The molecule has 0 saturated carbocycles. The fourth-order valence-corrected chi connectivity index (χ4v) is 1.30. The largest absolute Gasteiger partial charge is 0.354 e. The lowest BCUT2D eigenvalue weighted by atomic mass is 10.1. The second kappa shape index (κ2) is 5.07. The fraction of sp³-hybridized carbons (Fsp3) is 0.500. The summed E-state index contributed by atoms with van der Waals surface area (Å²) in [5, 5.41) is 0.574. The van der Waals surface area contributed by atoms with Gasteiger partial charge in [0.25, 0.3) is 0 Å². The van der Waals surface area contributed by atoms with Crippen LogP contribution in [0.5, 0.6) is 0 Å². The molecule has 1 rings (SSSR count). The maximum absolute atomic E-state index is 11.4. The number of carbonyl (C=O) groups is 1. The number of rotatable bonds is 2. The van der Waals surface area contributed by atoms with Gasteiger partial charge in [-0.1, -0.05) is 0 Å². The van der Waals surface area contributed by atoms with Crippen molar-refractivity contribution in [1.82, 2.24) is 15.8 Å². The first kappa shape index (κ1) is 12.6. The highest BCUT2D eigenvalue weighted by Crippen LogP contribution is 2.09. The van der Waals surface area contributed by atoms with Gasteiger partial charge in [0.1, 0.15) is 12.7 Å². The zero-order chi connectivity index (χ0) is 12.3. The van der Waals surface area contributed by atoms with Crippen LogP contribution < -0.4 is 10.9 Å². The topological polar surface area (TPSA) is 47.4 Å². The highest BCUT2D eigenvalue weighted by atomic mass is 32.1. The Hall–Kier alpha value is -1.43. The van der Waals surface area contributed by atoms with Crippen molar-refractivity contribution in [2.45, 2.75) is 13.3 Å². The van der Waals surface area contributed by atoms with Gasteiger partial charge in [0.15, 0.2) is 10.8 Å². The minimum atomic E-state index is 0.0770. The third-order valence-corrected chi connectivity index (χ3v) is 2.85. The highest BCUT2D eigenvalue weighted by Gasteiger charge is 2.21. The monoisotopic (exact) mass is 241 g/mol. The maximum atomic E-state index is 11.4. The van der Waals surface area contributed by atoms with E-state index in [1.54, 1.807) is 15.7 Å². The van der Waals surface area contributed by atoms with Crippen LogP contribution in [0.15, 0.2) is 11.4 Å². The van der Waals surface area contributed by atoms with Crippen molar-refractivity contribution < 1.29 is 9.37 Å². The zero-order valence-electron chi connectivity index (χ0n) is 10.00. The van der Waals surface area contributed by atoms with Gasteiger partial charge in [-0.15, -0.1) is 0 Å². The predicted octanol–water partition coefficient (Wildman–Crippen LogP) is -0.155. The number of nitrogens with zero attached hydrogens (tertiary/aromatic N) is 2. The molecule has 0 fully saturated rings. The van der Waals surface area contributed by atoms with Gasteiger partial charge >= 0.3 is 0 Å². The minimum absolute atomic E-state index is 0.0770. The first-order valence-corrected chi connectivity index (χ1v) is 5.36. The molecule has 88 valence electrons.